The number of nitrogens with zero attached hydrogens (tertiary/aromatic N) is 3. The number of hydrogen-bond acceptors (Lipinski definition) is 3. The zero-order chi connectivity index (χ0) is 19.9. The number of para-hydroxylation sites is 1. The molecule has 1 aromatic heterocycles. The van der Waals surface area contributed by atoms with Gasteiger partial charge in [-0.3, -0.25) is 4.79 Å². The van der Waals surface area contributed by atoms with Gasteiger partial charge in [0, 0.05) is 28.9 Å². The highest BCUT2D eigenvalue weighted by Gasteiger charge is 2.14. The first kappa shape index (κ1) is 19.2. The molecule has 1 N–H and O–H groups in total. The highest BCUT2D eigenvalue weighted by atomic mass is 35.5. The Labute approximate surface area is 168 Å². The van der Waals surface area contributed by atoms with E-state index in [2.05, 4.69) is 17.0 Å². The molecular weight excluding hydrogens is 372 g/mol. The zero-order valence-electron chi connectivity index (χ0n) is 15.0. The number of benzene rings is 2. The molecule has 1 amide bonds. The highest BCUT2D eigenvalue weighted by molar-refractivity contribution is 6.30. The number of nitriles is 1. The summed E-state index contributed by atoms with van der Waals surface area (Å²) in [4.78, 5) is 12.2. The molecule has 138 valence electrons. The molecule has 6 heteroatoms. The second-order valence-corrected chi connectivity index (χ2v) is 6.33. The number of carbonyl (C=O) groups excluding carboxylic acids is 1. The summed E-state index contributed by atoms with van der Waals surface area (Å²) < 4.78 is 1.71. The van der Waals surface area contributed by atoms with Crippen LogP contribution in [0.15, 0.2) is 79.0 Å². The molecule has 0 saturated heterocycles. The Balaban J connectivity index is 2.10. The lowest BCUT2D eigenvalue weighted by molar-refractivity contribution is -0.116. The van der Waals surface area contributed by atoms with Crippen LogP contribution in [0.1, 0.15) is 5.56 Å². The quantitative estimate of drug-likeness (QED) is 0.386. The predicted molar refractivity (Wildman–Crippen MR) is 111 cm³/mol. The minimum atomic E-state index is -0.461. The molecule has 0 spiro atoms. The van der Waals surface area contributed by atoms with Crippen molar-refractivity contribution in [1.82, 2.24) is 15.1 Å². The Morgan fingerprint density at radius 1 is 1.21 bits per heavy atom. The fraction of sp³-hybridized carbons (Fsp3) is 0.0455. The summed E-state index contributed by atoms with van der Waals surface area (Å²) in [6, 6.07) is 18.8. The van der Waals surface area contributed by atoms with Crippen molar-refractivity contribution in [2.24, 2.45) is 0 Å². The molecule has 28 heavy (non-hydrogen) atoms. The first-order valence-electron chi connectivity index (χ1n) is 8.54. The molecule has 0 aliphatic heterocycles. The van der Waals surface area contributed by atoms with Crippen LogP contribution in [0.25, 0.3) is 23.0 Å². The van der Waals surface area contributed by atoms with E-state index in [-0.39, 0.29) is 12.1 Å². The van der Waals surface area contributed by atoms with Gasteiger partial charge in [0.1, 0.15) is 11.6 Å². The third-order valence-electron chi connectivity index (χ3n) is 3.95. The van der Waals surface area contributed by atoms with Gasteiger partial charge in [-0.15, -0.1) is 6.58 Å². The van der Waals surface area contributed by atoms with E-state index in [1.807, 2.05) is 48.5 Å². The van der Waals surface area contributed by atoms with Gasteiger partial charge >= 0.3 is 0 Å². The van der Waals surface area contributed by atoms with E-state index in [1.54, 1.807) is 29.1 Å². The van der Waals surface area contributed by atoms with Crippen molar-refractivity contribution in [3.05, 3.63) is 89.6 Å². The highest BCUT2D eigenvalue weighted by Crippen LogP contribution is 2.27. The SMILES string of the molecule is C=CCNC(=O)C(C#N)=Cc1cn(-c2ccccc2)nc1-c1ccc(Cl)cc1. The van der Waals surface area contributed by atoms with Gasteiger partial charge in [-0.25, -0.2) is 4.68 Å². The molecule has 0 atom stereocenters. The zero-order valence-corrected chi connectivity index (χ0v) is 15.7. The summed E-state index contributed by atoms with van der Waals surface area (Å²) in [6.45, 7) is 3.84. The summed E-state index contributed by atoms with van der Waals surface area (Å²) in [6.07, 6.45) is 4.88. The van der Waals surface area contributed by atoms with Crippen molar-refractivity contribution in [2.75, 3.05) is 6.54 Å². The van der Waals surface area contributed by atoms with Gasteiger partial charge in [-0.2, -0.15) is 10.4 Å². The van der Waals surface area contributed by atoms with Gasteiger partial charge < -0.3 is 5.32 Å². The third kappa shape index (κ3) is 4.37. The fourth-order valence-electron chi connectivity index (χ4n) is 2.60. The van der Waals surface area contributed by atoms with Crippen LogP contribution in [-0.2, 0) is 4.79 Å². The Kier molecular flexibility index (Phi) is 6.05. The van der Waals surface area contributed by atoms with Gasteiger partial charge in [-0.05, 0) is 30.3 Å². The second-order valence-electron chi connectivity index (χ2n) is 5.89. The Bertz CT molecular complexity index is 1060. The molecule has 0 aliphatic rings. The van der Waals surface area contributed by atoms with Gasteiger partial charge in [0.25, 0.3) is 5.91 Å². The molecule has 1 heterocycles. The summed E-state index contributed by atoms with van der Waals surface area (Å²) in [5, 5.41) is 17.3. The van der Waals surface area contributed by atoms with E-state index in [9.17, 15) is 10.1 Å². The molecular formula is C22H17ClN4O. The van der Waals surface area contributed by atoms with Crippen molar-refractivity contribution in [3.8, 4) is 23.0 Å². The number of aromatic nitrogens is 2. The fourth-order valence-corrected chi connectivity index (χ4v) is 2.73. The van der Waals surface area contributed by atoms with E-state index in [4.69, 9.17) is 11.6 Å². The van der Waals surface area contributed by atoms with Gasteiger partial charge in [0.15, 0.2) is 0 Å². The van der Waals surface area contributed by atoms with Crippen LogP contribution >= 0.6 is 11.6 Å². The van der Waals surface area contributed by atoms with Crippen LogP contribution in [0.3, 0.4) is 0 Å². The van der Waals surface area contributed by atoms with Crippen LogP contribution in [0.5, 0.6) is 0 Å². The number of halogens is 1. The lowest BCUT2D eigenvalue weighted by atomic mass is 10.1. The maximum absolute atomic E-state index is 12.2. The summed E-state index contributed by atoms with van der Waals surface area (Å²) in [5.41, 5.74) is 2.98. The lowest BCUT2D eigenvalue weighted by Crippen LogP contribution is -2.24. The van der Waals surface area contributed by atoms with E-state index >= 15 is 0 Å². The Morgan fingerprint density at radius 2 is 1.93 bits per heavy atom. The van der Waals surface area contributed by atoms with Crippen molar-refractivity contribution >= 4 is 23.6 Å². The molecule has 0 bridgehead atoms. The lowest BCUT2D eigenvalue weighted by Gasteiger charge is -2.02. The van der Waals surface area contributed by atoms with Crippen LogP contribution in [0, 0.1) is 11.3 Å². The third-order valence-corrected chi connectivity index (χ3v) is 4.20. The molecule has 2 aromatic carbocycles. The number of rotatable bonds is 6. The molecule has 0 saturated carbocycles. The smallest absolute Gasteiger partial charge is 0.262 e. The van der Waals surface area contributed by atoms with Gasteiger partial charge in [0.2, 0.25) is 0 Å². The summed E-state index contributed by atoms with van der Waals surface area (Å²) in [7, 11) is 0. The normalized spacial score (nSPS) is 10.9. The molecule has 0 radical (unpaired) electrons. The predicted octanol–water partition coefficient (Wildman–Crippen LogP) is 4.40. The average molecular weight is 389 g/mol. The second kappa shape index (κ2) is 8.85. The standard InChI is InChI=1S/C22H17ClN4O/c1-2-12-25-22(28)17(14-24)13-18-15-27(20-6-4-3-5-7-20)26-21(18)16-8-10-19(23)11-9-16/h2-11,13,15H,1,12H2,(H,25,28). The van der Waals surface area contributed by atoms with Crippen molar-refractivity contribution in [3.63, 3.8) is 0 Å². The summed E-state index contributed by atoms with van der Waals surface area (Å²) >= 11 is 6.00. The van der Waals surface area contributed by atoms with Crippen molar-refractivity contribution < 1.29 is 4.79 Å². The van der Waals surface area contributed by atoms with Crippen LogP contribution in [-0.4, -0.2) is 22.2 Å². The first-order chi connectivity index (χ1) is 13.6. The van der Waals surface area contributed by atoms with Gasteiger partial charge in [-0.1, -0.05) is 48.0 Å². The largest absolute Gasteiger partial charge is 0.348 e. The number of hydrogen-bond donors (Lipinski definition) is 1. The topological polar surface area (TPSA) is 70.7 Å². The Hall–Kier alpha value is -3.62. The van der Waals surface area contributed by atoms with Gasteiger partial charge in [0.05, 0.1) is 11.4 Å². The van der Waals surface area contributed by atoms with Crippen molar-refractivity contribution in [2.45, 2.75) is 0 Å². The average Bonchev–Trinajstić information content (AvgIpc) is 3.15. The maximum atomic E-state index is 12.2. The van der Waals surface area contributed by atoms with E-state index in [0.29, 0.717) is 16.3 Å². The first-order valence-corrected chi connectivity index (χ1v) is 8.92. The molecule has 0 aliphatic carbocycles. The molecule has 0 unspecified atom stereocenters. The van der Waals surface area contributed by atoms with Crippen LogP contribution in [0.2, 0.25) is 5.02 Å². The van der Waals surface area contributed by atoms with E-state index in [1.165, 1.54) is 6.08 Å². The van der Waals surface area contributed by atoms with E-state index < -0.39 is 5.91 Å². The Morgan fingerprint density at radius 3 is 2.57 bits per heavy atom. The monoisotopic (exact) mass is 388 g/mol. The minimum absolute atomic E-state index is 0.00956. The number of nitrogens with one attached hydrogen (secondary N) is 1. The molecule has 3 rings (SSSR count). The maximum Gasteiger partial charge on any atom is 0.262 e. The minimum Gasteiger partial charge on any atom is -0.348 e. The van der Waals surface area contributed by atoms with E-state index in [0.717, 1.165) is 11.3 Å². The molecule has 3 aromatic rings. The van der Waals surface area contributed by atoms with Crippen molar-refractivity contribution in [1.29, 1.82) is 5.26 Å². The number of carbonyl (C=O) groups is 1. The van der Waals surface area contributed by atoms with Crippen LogP contribution in [0.4, 0.5) is 0 Å². The molecule has 0 fully saturated rings. The van der Waals surface area contributed by atoms with Crippen LogP contribution < -0.4 is 5.32 Å². The summed E-state index contributed by atoms with van der Waals surface area (Å²) in [5.74, 6) is -0.461. The number of amides is 1. The molecule has 5 nitrogen and oxygen atoms in total.